The average Bonchev–Trinajstić information content (AvgIpc) is 3.31. The second-order valence-electron chi connectivity index (χ2n) is 8.92. The normalized spacial score (nSPS) is 13.9. The summed E-state index contributed by atoms with van der Waals surface area (Å²) < 4.78 is 51.2. The van der Waals surface area contributed by atoms with E-state index in [-0.39, 0.29) is 25.5 Å². The van der Waals surface area contributed by atoms with E-state index in [0.717, 1.165) is 4.90 Å². The molecule has 0 atom stereocenters. The van der Waals surface area contributed by atoms with Gasteiger partial charge in [-0.2, -0.15) is 28.2 Å². The van der Waals surface area contributed by atoms with E-state index >= 15 is 0 Å². The second-order valence-corrected chi connectivity index (χ2v) is 12.1. The van der Waals surface area contributed by atoms with Crippen molar-refractivity contribution in [3.63, 3.8) is 0 Å². The van der Waals surface area contributed by atoms with Crippen molar-refractivity contribution in [2.45, 2.75) is 19.1 Å². The number of aromatic amines is 1. The zero-order valence-electron chi connectivity index (χ0n) is 19.8. The first-order valence-corrected chi connectivity index (χ1v) is 13.8. The summed E-state index contributed by atoms with van der Waals surface area (Å²) in [5, 5.41) is 14.4. The van der Waals surface area contributed by atoms with E-state index in [2.05, 4.69) is 35.8 Å². The van der Waals surface area contributed by atoms with Crippen molar-refractivity contribution in [2.75, 3.05) is 30.5 Å². The van der Waals surface area contributed by atoms with Gasteiger partial charge in [-0.3, -0.25) is 9.89 Å². The minimum atomic E-state index is -4.91. The molecule has 0 radical (unpaired) electrons. The quantitative estimate of drug-likeness (QED) is 0.331. The van der Waals surface area contributed by atoms with Gasteiger partial charge in [0.25, 0.3) is 0 Å². The van der Waals surface area contributed by atoms with Crippen molar-refractivity contribution < 1.29 is 22.5 Å². The lowest BCUT2D eigenvalue weighted by atomic mass is 10.1. The molecule has 0 spiro atoms. The summed E-state index contributed by atoms with van der Waals surface area (Å²) >= 11 is 0. The largest absolute Gasteiger partial charge is 0.471 e. The molecule has 1 aliphatic rings. The van der Waals surface area contributed by atoms with E-state index in [1.54, 1.807) is 37.7 Å². The minimum absolute atomic E-state index is 0.0788. The number of nitrogens with one attached hydrogen (secondary N) is 3. The lowest BCUT2D eigenvalue weighted by molar-refractivity contribution is -0.186. The van der Waals surface area contributed by atoms with Gasteiger partial charge in [0.05, 0.1) is 17.3 Å². The van der Waals surface area contributed by atoms with Gasteiger partial charge in [0.2, 0.25) is 5.95 Å². The van der Waals surface area contributed by atoms with Crippen LogP contribution in [-0.4, -0.2) is 62.0 Å². The van der Waals surface area contributed by atoms with Crippen molar-refractivity contribution in [1.29, 1.82) is 0 Å². The van der Waals surface area contributed by atoms with Crippen LogP contribution in [0.25, 0.3) is 11.0 Å². The number of carbonyl (C=O) groups excluding carboxylic acids is 1. The van der Waals surface area contributed by atoms with Gasteiger partial charge >= 0.3 is 12.1 Å². The smallest absolute Gasteiger partial charge is 0.339 e. The van der Waals surface area contributed by atoms with Crippen molar-refractivity contribution in [3.05, 3.63) is 53.9 Å². The number of carbonyl (C=O) groups is 1. The Bertz CT molecular complexity index is 1550. The third-order valence-electron chi connectivity index (χ3n) is 5.86. The number of pyridine rings is 1. The van der Waals surface area contributed by atoms with E-state index in [1.165, 1.54) is 0 Å². The molecule has 1 aliphatic heterocycles. The first-order valence-electron chi connectivity index (χ1n) is 11.2. The van der Waals surface area contributed by atoms with E-state index in [4.69, 9.17) is 0 Å². The molecule has 1 aromatic carbocycles. The average molecular weight is 530 g/mol. The van der Waals surface area contributed by atoms with Crippen LogP contribution in [0.5, 0.6) is 0 Å². The van der Waals surface area contributed by atoms with E-state index in [0.29, 0.717) is 44.9 Å². The molecule has 14 heteroatoms. The van der Waals surface area contributed by atoms with Gasteiger partial charge in [0.15, 0.2) is 5.65 Å². The molecule has 10 nitrogen and oxygen atoms in total. The number of fused-ring (bicyclic) bond motifs is 2. The highest BCUT2D eigenvalue weighted by Gasteiger charge is 2.43. The minimum Gasteiger partial charge on any atom is -0.339 e. The summed E-state index contributed by atoms with van der Waals surface area (Å²) in [6, 6.07) is 10.5. The lowest BCUT2D eigenvalue weighted by Gasteiger charge is -2.29. The Morgan fingerprint density at radius 3 is 2.62 bits per heavy atom. The Balaban J connectivity index is 1.41. The summed E-state index contributed by atoms with van der Waals surface area (Å²) in [6.45, 7) is 3.14. The molecule has 0 aliphatic carbocycles. The number of nitrogens with zero attached hydrogens (tertiary/aromatic N) is 5. The number of amides is 1. The maximum Gasteiger partial charge on any atom is 0.471 e. The monoisotopic (exact) mass is 530 g/mol. The highest BCUT2D eigenvalue weighted by Crippen LogP contribution is 2.38. The lowest BCUT2D eigenvalue weighted by Crippen LogP contribution is -2.43. The molecule has 0 unspecified atom stereocenters. The number of aromatic nitrogens is 5. The molecule has 1 amide bonds. The molecule has 192 valence electrons. The summed E-state index contributed by atoms with van der Waals surface area (Å²) in [6.07, 6.45) is -3.15. The van der Waals surface area contributed by atoms with E-state index in [9.17, 15) is 22.5 Å². The zero-order chi connectivity index (χ0) is 26.4. The number of hydrogen-bond donors (Lipinski definition) is 3. The van der Waals surface area contributed by atoms with Crippen LogP contribution in [0.4, 0.5) is 36.4 Å². The molecule has 3 aromatic heterocycles. The summed E-state index contributed by atoms with van der Waals surface area (Å²) in [4.78, 5) is 25.8. The van der Waals surface area contributed by atoms with Crippen LogP contribution in [0, 0.1) is 0 Å². The van der Waals surface area contributed by atoms with Gasteiger partial charge < -0.3 is 20.1 Å². The Morgan fingerprint density at radius 2 is 1.86 bits per heavy atom. The molecule has 37 heavy (non-hydrogen) atoms. The fourth-order valence-corrected chi connectivity index (χ4v) is 5.27. The molecule has 0 saturated heterocycles. The van der Waals surface area contributed by atoms with Crippen molar-refractivity contribution in [3.8, 4) is 0 Å². The Hall–Kier alpha value is -3.99. The van der Waals surface area contributed by atoms with Crippen LogP contribution in [-0.2, 0) is 22.3 Å². The van der Waals surface area contributed by atoms with Crippen LogP contribution in [0.3, 0.4) is 0 Å². The molecule has 4 aromatic rings. The first-order chi connectivity index (χ1) is 17.5. The van der Waals surface area contributed by atoms with Gasteiger partial charge in [-0.05, 0) is 37.1 Å². The van der Waals surface area contributed by atoms with Crippen LogP contribution in [0.15, 0.2) is 42.6 Å². The fourth-order valence-electron chi connectivity index (χ4n) is 4.12. The third kappa shape index (κ3) is 5.12. The number of hydrogen-bond acceptors (Lipinski definition) is 8. The predicted octanol–water partition coefficient (Wildman–Crippen LogP) is 3.93. The number of para-hydroxylation sites is 1. The van der Waals surface area contributed by atoms with Gasteiger partial charge in [-0.15, -0.1) is 0 Å². The van der Waals surface area contributed by atoms with Crippen LogP contribution in [0.1, 0.15) is 11.3 Å². The molecule has 0 fully saturated rings. The van der Waals surface area contributed by atoms with Gasteiger partial charge in [-0.1, -0.05) is 18.2 Å². The van der Waals surface area contributed by atoms with Gasteiger partial charge in [0.1, 0.15) is 18.8 Å². The van der Waals surface area contributed by atoms with Crippen molar-refractivity contribution in [1.82, 2.24) is 30.0 Å². The number of rotatable bonds is 5. The summed E-state index contributed by atoms with van der Waals surface area (Å²) in [5.74, 6) is -0.830. The Kier molecular flexibility index (Phi) is 6.10. The molecule has 4 heterocycles. The van der Waals surface area contributed by atoms with Gasteiger partial charge in [0, 0.05) is 30.5 Å². The highest BCUT2D eigenvalue weighted by molar-refractivity contribution is 7.70. The maximum absolute atomic E-state index is 12.8. The number of halogens is 3. The number of alkyl halides is 3. The van der Waals surface area contributed by atoms with Crippen LogP contribution in [0.2, 0.25) is 0 Å². The molecular formula is C23H22F3N8O2P. The summed E-state index contributed by atoms with van der Waals surface area (Å²) in [7, 11) is -2.58. The van der Waals surface area contributed by atoms with Crippen molar-refractivity contribution in [2.24, 2.45) is 0 Å². The molecule has 0 saturated carbocycles. The molecule has 5 rings (SSSR count). The third-order valence-corrected chi connectivity index (χ3v) is 7.42. The standard InChI is InChI=1S/C23H22F3N8O2P/c1-37(2,36)17-6-4-3-5-16(17)29-19-14-11-27-33-20(14)32-22(31-19)30-18-8-7-13-12-34(10-9-15(13)28-18)21(35)23(24,25)26/h3-8,11H,9-10,12H2,1-2H3,(H3,27,28,29,30,31,32,33). The van der Waals surface area contributed by atoms with E-state index in [1.807, 2.05) is 18.2 Å². The topological polar surface area (TPSA) is 129 Å². The first kappa shape index (κ1) is 24.7. The predicted molar refractivity (Wildman–Crippen MR) is 133 cm³/mol. The number of H-pyrrole nitrogens is 1. The summed E-state index contributed by atoms with van der Waals surface area (Å²) in [5.41, 5.74) is 2.23. The Morgan fingerprint density at radius 1 is 1.08 bits per heavy atom. The van der Waals surface area contributed by atoms with Crippen molar-refractivity contribution >= 4 is 52.7 Å². The number of benzene rings is 1. The van der Waals surface area contributed by atoms with Crippen LogP contribution < -0.4 is 15.9 Å². The molecule has 3 N–H and O–H groups in total. The maximum atomic E-state index is 12.8. The Labute approximate surface area is 209 Å². The van der Waals surface area contributed by atoms with Gasteiger partial charge in [-0.25, -0.2) is 4.98 Å². The SMILES string of the molecule is CP(C)(=O)c1ccccc1Nc1nc(Nc2ccc3c(n2)CCN(C(=O)C(F)(F)F)C3)nc2[nH]ncc12. The number of anilines is 4. The highest BCUT2D eigenvalue weighted by atomic mass is 31.2. The second kappa shape index (κ2) is 9.15. The molecule has 0 bridgehead atoms. The van der Waals surface area contributed by atoms with E-state index < -0.39 is 19.2 Å². The molecular weight excluding hydrogens is 508 g/mol. The van der Waals surface area contributed by atoms with Crippen LogP contribution >= 0.6 is 7.14 Å². The fraction of sp³-hybridized carbons (Fsp3) is 0.261. The zero-order valence-corrected chi connectivity index (χ0v) is 20.7.